The van der Waals surface area contributed by atoms with Crippen molar-refractivity contribution >= 4 is 11.6 Å². The minimum Gasteiger partial charge on any atom is -0.661 e. The van der Waals surface area contributed by atoms with Crippen LogP contribution in [0.2, 0.25) is 5.02 Å². The number of halogens is 1. The Bertz CT molecular complexity index is 245. The molecule has 0 amide bonds. The fourth-order valence-electron chi connectivity index (χ4n) is 0.994. The van der Waals surface area contributed by atoms with Gasteiger partial charge in [0.25, 0.3) is 0 Å². The monoisotopic (exact) mass is 168 g/mol. The fraction of sp³-hybridized carbons (Fsp3) is 0.333. The second-order valence-electron chi connectivity index (χ2n) is 2.50. The van der Waals surface area contributed by atoms with Gasteiger partial charge in [-0.15, -0.1) is 6.54 Å². The third-order valence-corrected chi connectivity index (χ3v) is 2.12. The van der Waals surface area contributed by atoms with E-state index in [1.165, 1.54) is 5.56 Å². The summed E-state index contributed by atoms with van der Waals surface area (Å²) in [6.45, 7) is 2.77. The van der Waals surface area contributed by atoms with Gasteiger partial charge in [0.1, 0.15) is 0 Å². The molecular weight excluding hydrogens is 158 g/mol. The van der Waals surface area contributed by atoms with Gasteiger partial charge in [0.05, 0.1) is 0 Å². The van der Waals surface area contributed by atoms with Crippen LogP contribution in [0.25, 0.3) is 5.32 Å². The van der Waals surface area contributed by atoms with E-state index in [9.17, 15) is 0 Å². The predicted molar refractivity (Wildman–Crippen MR) is 49.2 cm³/mol. The Morgan fingerprint density at radius 1 is 1.45 bits per heavy atom. The molecule has 0 saturated carbocycles. The molecule has 2 heteroatoms. The minimum absolute atomic E-state index is 0.756. The first-order chi connectivity index (χ1) is 5.25. The molecule has 0 aliphatic heterocycles. The summed E-state index contributed by atoms with van der Waals surface area (Å²) in [6, 6.07) is 5.90. The number of nitrogens with zero attached hydrogens (tertiary/aromatic N) is 1. The van der Waals surface area contributed by atoms with E-state index in [4.69, 9.17) is 11.6 Å². The van der Waals surface area contributed by atoms with Crippen molar-refractivity contribution in [3.05, 3.63) is 39.7 Å². The molecule has 1 nitrogen and oxygen atoms in total. The molecule has 0 heterocycles. The van der Waals surface area contributed by atoms with Crippen molar-refractivity contribution in [1.29, 1.82) is 0 Å². The molecule has 0 bridgehead atoms. The second-order valence-corrected chi connectivity index (χ2v) is 2.91. The van der Waals surface area contributed by atoms with Crippen molar-refractivity contribution < 1.29 is 0 Å². The van der Waals surface area contributed by atoms with Crippen molar-refractivity contribution in [3.8, 4) is 0 Å². The molecule has 0 atom stereocenters. The molecule has 60 valence electrons. The van der Waals surface area contributed by atoms with Crippen LogP contribution in [-0.2, 0) is 6.54 Å². The van der Waals surface area contributed by atoms with Crippen LogP contribution < -0.4 is 0 Å². The topological polar surface area (TPSA) is 14.1 Å². The van der Waals surface area contributed by atoms with E-state index in [0.29, 0.717) is 0 Å². The van der Waals surface area contributed by atoms with Crippen molar-refractivity contribution in [2.45, 2.75) is 13.5 Å². The lowest BCUT2D eigenvalue weighted by Crippen LogP contribution is -1.87. The van der Waals surface area contributed by atoms with Gasteiger partial charge in [-0.1, -0.05) is 29.3 Å². The highest BCUT2D eigenvalue weighted by Crippen LogP contribution is 2.19. The maximum Gasteiger partial charge on any atom is 0.0437 e. The van der Waals surface area contributed by atoms with Crippen LogP contribution in [-0.4, -0.2) is 7.05 Å². The molecule has 1 rings (SSSR count). The summed E-state index contributed by atoms with van der Waals surface area (Å²) in [5.41, 5.74) is 2.35. The molecule has 0 fully saturated rings. The summed E-state index contributed by atoms with van der Waals surface area (Å²) in [5.74, 6) is 0. The Morgan fingerprint density at radius 3 is 2.82 bits per heavy atom. The largest absolute Gasteiger partial charge is 0.661 e. The van der Waals surface area contributed by atoms with E-state index in [-0.39, 0.29) is 0 Å². The molecular formula is C9H11ClN-. The van der Waals surface area contributed by atoms with Crippen LogP contribution in [0, 0.1) is 6.92 Å². The SMILES string of the molecule is C[N-]Cc1cccc(Cl)c1C. The quantitative estimate of drug-likeness (QED) is 0.644. The summed E-state index contributed by atoms with van der Waals surface area (Å²) >= 11 is 5.91. The maximum absolute atomic E-state index is 5.91. The van der Waals surface area contributed by atoms with E-state index in [2.05, 4.69) is 5.32 Å². The Labute approximate surface area is 72.4 Å². The Hall–Kier alpha value is -0.530. The van der Waals surface area contributed by atoms with Gasteiger partial charge in [-0.2, -0.15) is 7.05 Å². The van der Waals surface area contributed by atoms with E-state index in [1.54, 1.807) is 7.05 Å². The van der Waals surface area contributed by atoms with Crippen molar-refractivity contribution in [2.75, 3.05) is 7.05 Å². The maximum atomic E-state index is 5.91. The Balaban J connectivity index is 2.96. The highest BCUT2D eigenvalue weighted by atomic mass is 35.5. The van der Waals surface area contributed by atoms with Crippen LogP contribution in [0.4, 0.5) is 0 Å². The van der Waals surface area contributed by atoms with Gasteiger partial charge in [-0.3, -0.25) is 0 Å². The average Bonchev–Trinajstić information content (AvgIpc) is 1.99. The third-order valence-electron chi connectivity index (χ3n) is 1.71. The first-order valence-electron chi connectivity index (χ1n) is 3.55. The third kappa shape index (κ3) is 1.95. The summed E-state index contributed by atoms with van der Waals surface area (Å²) in [6.07, 6.45) is 0. The molecule has 0 saturated heterocycles. The molecule has 1 aromatic carbocycles. The van der Waals surface area contributed by atoms with Gasteiger partial charge >= 0.3 is 0 Å². The van der Waals surface area contributed by atoms with Crippen LogP contribution in [0.5, 0.6) is 0 Å². The fourth-order valence-corrected chi connectivity index (χ4v) is 1.19. The van der Waals surface area contributed by atoms with E-state index >= 15 is 0 Å². The lowest BCUT2D eigenvalue weighted by atomic mass is 10.1. The average molecular weight is 169 g/mol. The van der Waals surface area contributed by atoms with Crippen LogP contribution in [0.1, 0.15) is 11.1 Å². The minimum atomic E-state index is 0.756. The first-order valence-corrected chi connectivity index (χ1v) is 3.93. The highest BCUT2D eigenvalue weighted by Gasteiger charge is 1.95. The summed E-state index contributed by atoms with van der Waals surface area (Å²) in [7, 11) is 1.81. The molecule has 0 radical (unpaired) electrons. The molecule has 11 heavy (non-hydrogen) atoms. The summed E-state index contributed by atoms with van der Waals surface area (Å²) in [4.78, 5) is 0. The first kappa shape index (κ1) is 8.57. The zero-order chi connectivity index (χ0) is 8.27. The predicted octanol–water partition coefficient (Wildman–Crippen LogP) is 3.15. The molecule has 0 aromatic heterocycles. The van der Waals surface area contributed by atoms with Crippen LogP contribution >= 0.6 is 11.6 Å². The summed E-state index contributed by atoms with van der Waals surface area (Å²) in [5, 5.41) is 4.87. The van der Waals surface area contributed by atoms with Crippen LogP contribution in [0.15, 0.2) is 18.2 Å². The molecule has 0 aliphatic carbocycles. The van der Waals surface area contributed by atoms with Crippen molar-refractivity contribution in [1.82, 2.24) is 0 Å². The Kier molecular flexibility index (Phi) is 2.92. The van der Waals surface area contributed by atoms with Gasteiger partial charge in [-0.25, -0.2) is 0 Å². The summed E-state index contributed by atoms with van der Waals surface area (Å²) < 4.78 is 0. The van der Waals surface area contributed by atoms with Gasteiger partial charge in [-0.05, 0) is 18.6 Å². The molecule has 0 aliphatic rings. The van der Waals surface area contributed by atoms with E-state index in [0.717, 1.165) is 17.1 Å². The number of hydrogen-bond donors (Lipinski definition) is 0. The van der Waals surface area contributed by atoms with Gasteiger partial charge in [0, 0.05) is 5.02 Å². The highest BCUT2D eigenvalue weighted by molar-refractivity contribution is 6.31. The number of hydrogen-bond acceptors (Lipinski definition) is 0. The zero-order valence-corrected chi connectivity index (χ0v) is 7.52. The van der Waals surface area contributed by atoms with Crippen LogP contribution in [0.3, 0.4) is 0 Å². The molecule has 0 N–H and O–H groups in total. The molecule has 0 unspecified atom stereocenters. The lowest BCUT2D eigenvalue weighted by Gasteiger charge is -2.14. The lowest BCUT2D eigenvalue weighted by molar-refractivity contribution is 1.15. The zero-order valence-electron chi connectivity index (χ0n) is 6.76. The smallest absolute Gasteiger partial charge is 0.0437 e. The molecule has 0 spiro atoms. The van der Waals surface area contributed by atoms with Crippen molar-refractivity contribution in [2.24, 2.45) is 0 Å². The Morgan fingerprint density at radius 2 is 2.18 bits per heavy atom. The van der Waals surface area contributed by atoms with E-state index in [1.807, 2.05) is 25.1 Å². The van der Waals surface area contributed by atoms with Gasteiger partial charge < -0.3 is 5.32 Å². The van der Waals surface area contributed by atoms with Gasteiger partial charge in [0.15, 0.2) is 0 Å². The number of rotatable bonds is 2. The van der Waals surface area contributed by atoms with Gasteiger partial charge in [0.2, 0.25) is 0 Å². The van der Waals surface area contributed by atoms with Crippen molar-refractivity contribution in [3.63, 3.8) is 0 Å². The number of benzene rings is 1. The second kappa shape index (κ2) is 3.74. The standard InChI is InChI=1S/C9H11ClN/c1-7-8(6-11-2)4-3-5-9(7)10/h3-5H,6H2,1-2H3/q-1. The molecule has 1 aromatic rings. The van der Waals surface area contributed by atoms with E-state index < -0.39 is 0 Å². The normalized spacial score (nSPS) is 10.1.